The smallest absolute Gasteiger partial charge is 0.181 e. The Morgan fingerprint density at radius 1 is 1.23 bits per heavy atom. The quantitative estimate of drug-likeness (QED) is 0.745. The summed E-state index contributed by atoms with van der Waals surface area (Å²) in [4.78, 5) is 16.4. The number of benzene rings is 1. The molecule has 1 aromatic heterocycles. The number of ketones is 1. The first-order valence-electron chi connectivity index (χ1n) is 9.27. The van der Waals surface area contributed by atoms with Crippen LogP contribution in [0, 0.1) is 5.92 Å². The Bertz CT molecular complexity index is 772. The summed E-state index contributed by atoms with van der Waals surface area (Å²) in [5, 5.41) is 7.67. The summed E-state index contributed by atoms with van der Waals surface area (Å²) >= 11 is 6.45. The maximum atomic E-state index is 12.1. The lowest BCUT2D eigenvalue weighted by atomic mass is 10.0. The van der Waals surface area contributed by atoms with Crippen molar-refractivity contribution >= 4 is 23.1 Å². The molecule has 3 rings (SSSR count). The van der Waals surface area contributed by atoms with Crippen LogP contribution in [0.25, 0.3) is 0 Å². The first kappa shape index (κ1) is 18.9. The van der Waals surface area contributed by atoms with E-state index in [0.29, 0.717) is 24.6 Å². The van der Waals surface area contributed by atoms with Crippen LogP contribution in [0.4, 0.5) is 5.69 Å². The van der Waals surface area contributed by atoms with Crippen LogP contribution in [0.2, 0.25) is 5.02 Å². The van der Waals surface area contributed by atoms with Gasteiger partial charge in [-0.1, -0.05) is 37.6 Å². The van der Waals surface area contributed by atoms with Gasteiger partial charge in [-0.3, -0.25) is 9.78 Å². The molecule has 0 aliphatic carbocycles. The Balaban J connectivity index is 1.70. The number of anilines is 1. The van der Waals surface area contributed by atoms with Crippen LogP contribution in [0.1, 0.15) is 47.4 Å². The van der Waals surface area contributed by atoms with E-state index in [-0.39, 0.29) is 5.78 Å². The van der Waals surface area contributed by atoms with Crippen LogP contribution < -0.4 is 10.6 Å². The fourth-order valence-electron chi connectivity index (χ4n) is 3.29. The summed E-state index contributed by atoms with van der Waals surface area (Å²) in [7, 11) is 0. The number of carbonyl (C=O) groups excluding carboxylic acids is 1. The SMILES string of the molecule is CC(C)CC(=O)c1ccc(CNc2c(Cl)ccc3c2CCNCC3)cn1. The number of aromatic nitrogens is 1. The first-order chi connectivity index (χ1) is 12.5. The standard InChI is InChI=1S/C21H26ClN3O/c1-14(2)11-20(26)19-6-3-15(12-24-19)13-25-21-17-8-10-23-9-7-16(17)4-5-18(21)22/h3-6,12,14,23,25H,7-11,13H2,1-2H3. The lowest BCUT2D eigenvalue weighted by molar-refractivity contribution is 0.0963. The zero-order valence-electron chi connectivity index (χ0n) is 15.4. The molecular weight excluding hydrogens is 346 g/mol. The molecule has 0 fully saturated rings. The number of carbonyl (C=O) groups is 1. The van der Waals surface area contributed by atoms with Gasteiger partial charge in [-0.05, 0) is 60.7 Å². The third kappa shape index (κ3) is 4.63. The van der Waals surface area contributed by atoms with Gasteiger partial charge in [0.25, 0.3) is 0 Å². The first-order valence-corrected chi connectivity index (χ1v) is 9.65. The third-order valence-corrected chi connectivity index (χ3v) is 4.97. The van der Waals surface area contributed by atoms with Gasteiger partial charge in [-0.15, -0.1) is 0 Å². The van der Waals surface area contributed by atoms with Crippen LogP contribution in [-0.2, 0) is 19.4 Å². The highest BCUT2D eigenvalue weighted by Gasteiger charge is 2.15. The summed E-state index contributed by atoms with van der Waals surface area (Å²) < 4.78 is 0. The number of Topliss-reactive ketones (excluding diaryl/α,β-unsaturated/α-hetero) is 1. The van der Waals surface area contributed by atoms with Gasteiger partial charge >= 0.3 is 0 Å². The molecule has 0 bridgehead atoms. The summed E-state index contributed by atoms with van der Waals surface area (Å²) in [6.45, 7) is 6.69. The maximum absolute atomic E-state index is 12.1. The van der Waals surface area contributed by atoms with Gasteiger partial charge in [0.15, 0.2) is 5.78 Å². The van der Waals surface area contributed by atoms with Crippen LogP contribution in [0.3, 0.4) is 0 Å². The number of halogens is 1. The van der Waals surface area contributed by atoms with E-state index in [1.54, 1.807) is 6.20 Å². The molecule has 0 spiro atoms. The predicted octanol–water partition coefficient (Wildman–Crippen LogP) is 4.26. The minimum Gasteiger partial charge on any atom is -0.379 e. The van der Waals surface area contributed by atoms with Crippen molar-refractivity contribution in [3.63, 3.8) is 0 Å². The van der Waals surface area contributed by atoms with Gasteiger partial charge in [0.05, 0.1) is 10.7 Å². The largest absolute Gasteiger partial charge is 0.379 e. The van der Waals surface area contributed by atoms with Crippen molar-refractivity contribution in [2.24, 2.45) is 5.92 Å². The van der Waals surface area contributed by atoms with Crippen LogP contribution in [0.5, 0.6) is 0 Å². The molecule has 1 aliphatic rings. The molecule has 138 valence electrons. The van der Waals surface area contributed by atoms with Gasteiger partial charge in [0, 0.05) is 19.2 Å². The second kappa shape index (κ2) is 8.65. The summed E-state index contributed by atoms with van der Waals surface area (Å²) in [6, 6.07) is 7.88. The van der Waals surface area contributed by atoms with E-state index in [4.69, 9.17) is 11.6 Å². The van der Waals surface area contributed by atoms with Crippen molar-refractivity contribution in [1.82, 2.24) is 10.3 Å². The maximum Gasteiger partial charge on any atom is 0.181 e. The number of pyridine rings is 1. The number of hydrogen-bond donors (Lipinski definition) is 2. The number of nitrogens with zero attached hydrogens (tertiary/aromatic N) is 1. The van der Waals surface area contributed by atoms with E-state index in [1.807, 2.05) is 32.0 Å². The van der Waals surface area contributed by atoms with Crippen LogP contribution >= 0.6 is 11.6 Å². The molecular formula is C21H26ClN3O. The van der Waals surface area contributed by atoms with Crippen molar-refractivity contribution < 1.29 is 4.79 Å². The van der Waals surface area contributed by atoms with E-state index in [9.17, 15) is 4.79 Å². The molecule has 0 radical (unpaired) electrons. The molecule has 0 saturated carbocycles. The minimum absolute atomic E-state index is 0.100. The van der Waals surface area contributed by atoms with Crippen molar-refractivity contribution in [3.8, 4) is 0 Å². The number of hydrogen-bond acceptors (Lipinski definition) is 4. The van der Waals surface area contributed by atoms with Gasteiger partial charge < -0.3 is 10.6 Å². The lowest BCUT2D eigenvalue weighted by Gasteiger charge is -2.16. The summed E-state index contributed by atoms with van der Waals surface area (Å²) in [5.41, 5.74) is 5.26. The molecule has 4 nitrogen and oxygen atoms in total. The topological polar surface area (TPSA) is 54.0 Å². The molecule has 0 atom stereocenters. The van der Waals surface area contributed by atoms with Gasteiger partial charge in [0.2, 0.25) is 0 Å². The average molecular weight is 372 g/mol. The summed E-state index contributed by atoms with van der Waals surface area (Å²) in [5.74, 6) is 0.444. The van der Waals surface area contributed by atoms with Crippen LogP contribution in [-0.4, -0.2) is 23.9 Å². The zero-order valence-corrected chi connectivity index (χ0v) is 16.2. The molecule has 2 aromatic rings. The minimum atomic E-state index is 0.100. The highest BCUT2D eigenvalue weighted by molar-refractivity contribution is 6.33. The molecule has 5 heteroatoms. The molecule has 1 aromatic carbocycles. The molecule has 26 heavy (non-hydrogen) atoms. The van der Waals surface area contributed by atoms with Crippen molar-refractivity contribution in [3.05, 3.63) is 57.9 Å². The van der Waals surface area contributed by atoms with Crippen molar-refractivity contribution in [2.75, 3.05) is 18.4 Å². The fraction of sp³-hybridized carbons (Fsp3) is 0.429. The molecule has 2 N–H and O–H groups in total. The Morgan fingerprint density at radius 3 is 2.77 bits per heavy atom. The van der Waals surface area contributed by atoms with Crippen molar-refractivity contribution in [1.29, 1.82) is 0 Å². The van der Waals surface area contributed by atoms with Crippen LogP contribution in [0.15, 0.2) is 30.5 Å². The van der Waals surface area contributed by atoms with E-state index in [2.05, 4.69) is 21.7 Å². The molecule has 0 amide bonds. The Labute approximate surface area is 160 Å². The van der Waals surface area contributed by atoms with E-state index in [0.717, 1.165) is 42.2 Å². The average Bonchev–Trinajstić information content (AvgIpc) is 2.86. The molecule has 0 saturated heterocycles. The van der Waals surface area contributed by atoms with Gasteiger partial charge in [-0.2, -0.15) is 0 Å². The van der Waals surface area contributed by atoms with Gasteiger partial charge in [-0.25, -0.2) is 0 Å². The Hall–Kier alpha value is -1.91. The lowest BCUT2D eigenvalue weighted by Crippen LogP contribution is -2.16. The summed E-state index contributed by atoms with van der Waals surface area (Å²) in [6.07, 6.45) is 4.30. The Morgan fingerprint density at radius 2 is 2.04 bits per heavy atom. The molecule has 2 heterocycles. The normalized spacial score (nSPS) is 14.0. The van der Waals surface area contributed by atoms with Crippen molar-refractivity contribution in [2.45, 2.75) is 39.7 Å². The number of nitrogens with one attached hydrogen (secondary N) is 2. The second-order valence-electron chi connectivity index (χ2n) is 7.24. The van der Waals surface area contributed by atoms with Gasteiger partial charge in [0.1, 0.15) is 5.69 Å². The van der Waals surface area contributed by atoms with E-state index in [1.165, 1.54) is 11.1 Å². The molecule has 0 unspecified atom stereocenters. The second-order valence-corrected chi connectivity index (χ2v) is 7.64. The zero-order chi connectivity index (χ0) is 18.5. The number of fused-ring (bicyclic) bond motifs is 1. The fourth-order valence-corrected chi connectivity index (χ4v) is 3.54. The van der Waals surface area contributed by atoms with E-state index >= 15 is 0 Å². The number of rotatable bonds is 6. The predicted molar refractivity (Wildman–Crippen MR) is 107 cm³/mol. The molecule has 1 aliphatic heterocycles. The highest BCUT2D eigenvalue weighted by Crippen LogP contribution is 2.31. The monoisotopic (exact) mass is 371 g/mol. The van der Waals surface area contributed by atoms with E-state index < -0.39 is 0 Å². The highest BCUT2D eigenvalue weighted by atomic mass is 35.5. The Kier molecular flexibility index (Phi) is 6.28. The third-order valence-electron chi connectivity index (χ3n) is 4.66.